The Morgan fingerprint density at radius 2 is 2.11 bits per heavy atom. The minimum absolute atomic E-state index is 0.00391. The SMILES string of the molecule is COC(=O)CSCCCS[C@H]1C(=O)CC[C@@H]1/C=C/[C@@H](O)Cc1ccccc1. The van der Waals surface area contributed by atoms with Crippen molar-refractivity contribution in [3.05, 3.63) is 48.0 Å². The van der Waals surface area contributed by atoms with Gasteiger partial charge in [-0.05, 0) is 35.8 Å². The molecule has 27 heavy (non-hydrogen) atoms. The smallest absolute Gasteiger partial charge is 0.315 e. The molecule has 0 radical (unpaired) electrons. The van der Waals surface area contributed by atoms with Crippen molar-refractivity contribution < 1.29 is 19.4 Å². The van der Waals surface area contributed by atoms with Crippen LogP contribution in [0.15, 0.2) is 42.5 Å². The van der Waals surface area contributed by atoms with E-state index in [0.29, 0.717) is 24.4 Å². The van der Waals surface area contributed by atoms with Crippen molar-refractivity contribution in [1.82, 2.24) is 0 Å². The molecule has 2 rings (SSSR count). The predicted molar refractivity (Wildman–Crippen MR) is 113 cm³/mol. The summed E-state index contributed by atoms with van der Waals surface area (Å²) in [6.45, 7) is 0. The predicted octanol–water partition coefficient (Wildman–Crippen LogP) is 3.52. The number of benzene rings is 1. The maximum atomic E-state index is 12.2. The van der Waals surface area contributed by atoms with Gasteiger partial charge in [0.1, 0.15) is 5.78 Å². The van der Waals surface area contributed by atoms with E-state index in [9.17, 15) is 14.7 Å². The van der Waals surface area contributed by atoms with Gasteiger partial charge in [0.15, 0.2) is 0 Å². The quantitative estimate of drug-likeness (QED) is 0.343. The summed E-state index contributed by atoms with van der Waals surface area (Å²) in [7, 11) is 1.40. The lowest BCUT2D eigenvalue weighted by Crippen LogP contribution is -2.17. The number of hydrogen-bond acceptors (Lipinski definition) is 6. The van der Waals surface area contributed by atoms with Gasteiger partial charge in [0.25, 0.3) is 0 Å². The van der Waals surface area contributed by atoms with Crippen molar-refractivity contribution >= 4 is 35.3 Å². The van der Waals surface area contributed by atoms with Crippen LogP contribution in [0.3, 0.4) is 0 Å². The largest absolute Gasteiger partial charge is 0.468 e. The van der Waals surface area contributed by atoms with Crippen LogP contribution in [0.4, 0.5) is 0 Å². The van der Waals surface area contributed by atoms with Gasteiger partial charge in [0.05, 0.1) is 24.2 Å². The lowest BCUT2D eigenvalue weighted by molar-refractivity contribution is -0.137. The monoisotopic (exact) mass is 408 g/mol. The van der Waals surface area contributed by atoms with Crippen LogP contribution < -0.4 is 0 Å². The van der Waals surface area contributed by atoms with Crippen LogP contribution in [-0.2, 0) is 20.7 Å². The number of ether oxygens (including phenoxy) is 1. The lowest BCUT2D eigenvalue weighted by atomic mass is 10.0. The molecule has 0 aliphatic heterocycles. The molecule has 148 valence electrons. The third-order valence-electron chi connectivity index (χ3n) is 4.48. The minimum Gasteiger partial charge on any atom is -0.468 e. The molecule has 0 bridgehead atoms. The molecule has 0 saturated heterocycles. The van der Waals surface area contributed by atoms with Crippen LogP contribution in [0.25, 0.3) is 0 Å². The van der Waals surface area contributed by atoms with E-state index in [0.717, 1.165) is 29.9 Å². The van der Waals surface area contributed by atoms with E-state index in [2.05, 4.69) is 4.74 Å². The summed E-state index contributed by atoms with van der Waals surface area (Å²) in [6, 6.07) is 9.92. The molecule has 4 nitrogen and oxygen atoms in total. The van der Waals surface area contributed by atoms with E-state index < -0.39 is 6.10 Å². The zero-order valence-electron chi connectivity index (χ0n) is 15.7. The molecule has 1 saturated carbocycles. The summed E-state index contributed by atoms with van der Waals surface area (Å²) in [6.07, 6.45) is 6.39. The second kappa shape index (κ2) is 12.3. The highest BCUT2D eigenvalue weighted by Crippen LogP contribution is 2.34. The standard InChI is InChI=1S/C21H28O4S2/c1-25-20(24)15-26-12-5-13-27-21-17(9-11-19(21)23)8-10-18(22)14-16-6-3-2-4-7-16/h2-4,6-8,10,17-18,21-22H,5,9,11-15H2,1H3/b10-8+/t17-,18+,21+/m0/s1. The Morgan fingerprint density at radius 1 is 1.33 bits per heavy atom. The van der Waals surface area contributed by atoms with Gasteiger partial charge in [-0.1, -0.05) is 42.5 Å². The number of aliphatic hydroxyl groups is 1. The van der Waals surface area contributed by atoms with Crippen molar-refractivity contribution in [1.29, 1.82) is 0 Å². The van der Waals surface area contributed by atoms with Crippen molar-refractivity contribution in [3.63, 3.8) is 0 Å². The van der Waals surface area contributed by atoms with Crippen LogP contribution in [0.1, 0.15) is 24.8 Å². The van der Waals surface area contributed by atoms with Crippen molar-refractivity contribution in [3.8, 4) is 0 Å². The van der Waals surface area contributed by atoms with E-state index in [1.807, 2.05) is 42.5 Å². The Balaban J connectivity index is 1.72. The molecule has 1 aliphatic carbocycles. The van der Waals surface area contributed by atoms with E-state index in [4.69, 9.17) is 0 Å². The number of esters is 1. The molecule has 6 heteroatoms. The first-order valence-electron chi connectivity index (χ1n) is 9.29. The molecule has 1 fully saturated rings. The Morgan fingerprint density at radius 3 is 2.85 bits per heavy atom. The molecule has 1 aliphatic rings. The second-order valence-corrected chi connectivity index (χ2v) is 8.94. The number of carbonyl (C=O) groups is 2. The fourth-order valence-electron chi connectivity index (χ4n) is 3.04. The van der Waals surface area contributed by atoms with Gasteiger partial charge in [-0.15, -0.1) is 11.8 Å². The molecular weight excluding hydrogens is 380 g/mol. The Labute approximate surface area is 170 Å². The number of carbonyl (C=O) groups excluding carboxylic acids is 2. The Bertz CT molecular complexity index is 618. The fraction of sp³-hybridized carbons (Fsp3) is 0.524. The Hall–Kier alpha value is -1.24. The zero-order valence-corrected chi connectivity index (χ0v) is 17.3. The van der Waals surface area contributed by atoms with Crippen molar-refractivity contribution in [2.75, 3.05) is 24.4 Å². The van der Waals surface area contributed by atoms with Gasteiger partial charge in [0, 0.05) is 12.8 Å². The summed E-state index contributed by atoms with van der Waals surface area (Å²) in [5.41, 5.74) is 1.10. The number of ketones is 1. The molecular formula is C21H28O4S2. The topological polar surface area (TPSA) is 63.6 Å². The van der Waals surface area contributed by atoms with Gasteiger partial charge in [-0.2, -0.15) is 11.8 Å². The summed E-state index contributed by atoms with van der Waals surface area (Å²) in [4.78, 5) is 23.2. The lowest BCUT2D eigenvalue weighted by Gasteiger charge is -2.15. The summed E-state index contributed by atoms with van der Waals surface area (Å²) in [5.74, 6) is 2.50. The van der Waals surface area contributed by atoms with Crippen molar-refractivity contribution in [2.24, 2.45) is 5.92 Å². The molecule has 1 N–H and O–H groups in total. The van der Waals surface area contributed by atoms with Crippen LogP contribution in [0.5, 0.6) is 0 Å². The van der Waals surface area contributed by atoms with Gasteiger partial charge in [-0.25, -0.2) is 0 Å². The number of methoxy groups -OCH3 is 1. The molecule has 0 unspecified atom stereocenters. The number of Topliss-reactive ketones (excluding diaryl/α,β-unsaturated/α-hetero) is 1. The highest BCUT2D eigenvalue weighted by molar-refractivity contribution is 8.01. The molecule has 3 atom stereocenters. The first-order chi connectivity index (χ1) is 13.1. The molecule has 1 aromatic rings. The van der Waals surface area contributed by atoms with Crippen molar-refractivity contribution in [2.45, 2.75) is 37.0 Å². The number of rotatable bonds is 11. The van der Waals surface area contributed by atoms with Crippen LogP contribution in [-0.4, -0.2) is 52.6 Å². The molecule has 0 aromatic heterocycles. The summed E-state index contributed by atoms with van der Waals surface area (Å²) >= 11 is 3.27. The number of aliphatic hydroxyl groups excluding tert-OH is 1. The van der Waals surface area contributed by atoms with Gasteiger partial charge < -0.3 is 9.84 Å². The average Bonchev–Trinajstić information content (AvgIpc) is 3.03. The van der Waals surface area contributed by atoms with Crippen LogP contribution in [0.2, 0.25) is 0 Å². The van der Waals surface area contributed by atoms with E-state index in [1.165, 1.54) is 7.11 Å². The van der Waals surface area contributed by atoms with E-state index in [-0.39, 0.29) is 17.1 Å². The Kier molecular flexibility index (Phi) is 10.0. The highest BCUT2D eigenvalue weighted by Gasteiger charge is 2.33. The van der Waals surface area contributed by atoms with E-state index >= 15 is 0 Å². The number of allylic oxidation sites excluding steroid dienone is 1. The minimum atomic E-state index is -0.525. The second-order valence-electron chi connectivity index (χ2n) is 6.58. The number of thioether (sulfide) groups is 2. The molecule has 0 spiro atoms. The first kappa shape index (κ1) is 22.1. The maximum absolute atomic E-state index is 12.2. The molecule has 0 heterocycles. The average molecular weight is 409 g/mol. The zero-order chi connectivity index (χ0) is 19.5. The summed E-state index contributed by atoms with van der Waals surface area (Å²) < 4.78 is 4.61. The van der Waals surface area contributed by atoms with Crippen LogP contribution >= 0.6 is 23.5 Å². The third-order valence-corrected chi connectivity index (χ3v) is 6.99. The first-order valence-corrected chi connectivity index (χ1v) is 11.5. The third kappa shape index (κ3) is 8.11. The van der Waals surface area contributed by atoms with E-state index in [1.54, 1.807) is 23.5 Å². The molecule has 1 aromatic carbocycles. The normalized spacial score (nSPS) is 20.9. The fourth-order valence-corrected chi connectivity index (χ4v) is 5.34. The maximum Gasteiger partial charge on any atom is 0.315 e. The van der Waals surface area contributed by atoms with Gasteiger partial charge in [0.2, 0.25) is 0 Å². The van der Waals surface area contributed by atoms with Gasteiger partial charge in [-0.3, -0.25) is 9.59 Å². The van der Waals surface area contributed by atoms with Gasteiger partial charge >= 0.3 is 5.97 Å². The highest BCUT2D eigenvalue weighted by atomic mass is 32.2. The van der Waals surface area contributed by atoms with Crippen LogP contribution in [0, 0.1) is 5.92 Å². The molecule has 0 amide bonds. The number of hydrogen-bond donors (Lipinski definition) is 1. The summed E-state index contributed by atoms with van der Waals surface area (Å²) in [5, 5.41) is 10.2.